The zero-order valence-electron chi connectivity index (χ0n) is 7.93. The van der Waals surface area contributed by atoms with Crippen molar-refractivity contribution in [2.75, 3.05) is 26.2 Å². The maximum Gasteiger partial charge on any atom is 0.0336 e. The van der Waals surface area contributed by atoms with Crippen molar-refractivity contribution < 1.29 is 0 Å². The SMILES string of the molecule is C=C(Cl)CN1CCNC(C2CC2)C1. The van der Waals surface area contributed by atoms with E-state index in [1.807, 2.05) is 0 Å². The fourth-order valence-corrected chi connectivity index (χ4v) is 2.21. The average molecular weight is 201 g/mol. The highest BCUT2D eigenvalue weighted by Crippen LogP contribution is 2.33. The fraction of sp³-hybridized carbons (Fsp3) is 0.800. The van der Waals surface area contributed by atoms with Gasteiger partial charge in [-0.05, 0) is 18.8 Å². The van der Waals surface area contributed by atoms with Gasteiger partial charge >= 0.3 is 0 Å². The lowest BCUT2D eigenvalue weighted by Gasteiger charge is -2.33. The predicted octanol–water partition coefficient (Wildman–Crippen LogP) is 1.42. The highest BCUT2D eigenvalue weighted by molar-refractivity contribution is 6.29. The first-order chi connectivity index (χ1) is 6.25. The van der Waals surface area contributed by atoms with Crippen molar-refractivity contribution in [1.29, 1.82) is 0 Å². The zero-order chi connectivity index (χ0) is 9.26. The number of rotatable bonds is 3. The summed E-state index contributed by atoms with van der Waals surface area (Å²) >= 11 is 5.80. The van der Waals surface area contributed by atoms with Crippen molar-refractivity contribution in [1.82, 2.24) is 10.2 Å². The molecule has 2 rings (SSSR count). The first-order valence-electron chi connectivity index (χ1n) is 5.05. The fourth-order valence-electron chi connectivity index (χ4n) is 2.04. The molecule has 2 aliphatic rings. The molecule has 0 aromatic heterocycles. The van der Waals surface area contributed by atoms with E-state index in [4.69, 9.17) is 11.6 Å². The Kier molecular flexibility index (Phi) is 2.92. The van der Waals surface area contributed by atoms with Crippen molar-refractivity contribution in [2.45, 2.75) is 18.9 Å². The number of nitrogens with one attached hydrogen (secondary N) is 1. The van der Waals surface area contributed by atoms with E-state index in [1.165, 1.54) is 12.8 Å². The topological polar surface area (TPSA) is 15.3 Å². The van der Waals surface area contributed by atoms with E-state index in [9.17, 15) is 0 Å². The van der Waals surface area contributed by atoms with Gasteiger partial charge in [-0.1, -0.05) is 18.2 Å². The summed E-state index contributed by atoms with van der Waals surface area (Å²) in [4.78, 5) is 2.40. The maximum absolute atomic E-state index is 5.80. The molecule has 74 valence electrons. The molecule has 1 aliphatic heterocycles. The van der Waals surface area contributed by atoms with Gasteiger partial charge in [-0.3, -0.25) is 4.90 Å². The second-order valence-corrected chi connectivity index (χ2v) is 4.68. The molecule has 13 heavy (non-hydrogen) atoms. The van der Waals surface area contributed by atoms with Gasteiger partial charge in [0.15, 0.2) is 0 Å². The van der Waals surface area contributed by atoms with Crippen LogP contribution in [0.3, 0.4) is 0 Å². The number of halogens is 1. The van der Waals surface area contributed by atoms with Crippen LogP contribution >= 0.6 is 11.6 Å². The summed E-state index contributed by atoms with van der Waals surface area (Å²) in [5, 5.41) is 4.33. The van der Waals surface area contributed by atoms with E-state index in [0.29, 0.717) is 6.04 Å². The smallest absolute Gasteiger partial charge is 0.0336 e. The Hall–Kier alpha value is -0.0500. The number of hydrogen-bond donors (Lipinski definition) is 1. The van der Waals surface area contributed by atoms with Gasteiger partial charge in [0.2, 0.25) is 0 Å². The van der Waals surface area contributed by atoms with Crippen LogP contribution < -0.4 is 5.32 Å². The summed E-state index contributed by atoms with van der Waals surface area (Å²) < 4.78 is 0. The molecule has 0 aromatic rings. The van der Waals surface area contributed by atoms with Crippen LogP contribution in [-0.4, -0.2) is 37.1 Å². The molecule has 1 heterocycles. The molecular weight excluding hydrogens is 184 g/mol. The van der Waals surface area contributed by atoms with Crippen molar-refractivity contribution in [3.63, 3.8) is 0 Å². The molecular formula is C10H17ClN2. The first kappa shape index (κ1) is 9.50. The van der Waals surface area contributed by atoms with Crippen LogP contribution in [0.2, 0.25) is 0 Å². The lowest BCUT2D eigenvalue weighted by molar-refractivity contribution is 0.204. The van der Waals surface area contributed by atoms with Crippen LogP contribution in [0, 0.1) is 5.92 Å². The normalized spacial score (nSPS) is 30.4. The van der Waals surface area contributed by atoms with Crippen molar-refractivity contribution in [2.24, 2.45) is 5.92 Å². The van der Waals surface area contributed by atoms with E-state index in [1.54, 1.807) is 0 Å². The summed E-state index contributed by atoms with van der Waals surface area (Å²) in [7, 11) is 0. The Balaban J connectivity index is 1.80. The van der Waals surface area contributed by atoms with Gasteiger partial charge in [0.1, 0.15) is 0 Å². The molecule has 1 saturated carbocycles. The summed E-state index contributed by atoms with van der Waals surface area (Å²) in [5.41, 5.74) is 0. The second kappa shape index (κ2) is 3.99. The Labute approximate surface area is 84.9 Å². The first-order valence-corrected chi connectivity index (χ1v) is 5.42. The summed E-state index contributed by atoms with van der Waals surface area (Å²) in [6.07, 6.45) is 2.82. The molecule has 0 radical (unpaired) electrons. The summed E-state index contributed by atoms with van der Waals surface area (Å²) in [5.74, 6) is 0.936. The third-order valence-corrected chi connectivity index (χ3v) is 3.00. The third kappa shape index (κ3) is 2.70. The molecule has 1 saturated heterocycles. The summed E-state index contributed by atoms with van der Waals surface area (Å²) in [6.45, 7) is 7.95. The minimum Gasteiger partial charge on any atom is -0.311 e. The van der Waals surface area contributed by atoms with E-state index in [-0.39, 0.29) is 0 Å². The van der Waals surface area contributed by atoms with Gasteiger partial charge in [0.25, 0.3) is 0 Å². The Bertz CT molecular complexity index is 201. The van der Waals surface area contributed by atoms with Crippen LogP contribution in [0.1, 0.15) is 12.8 Å². The minimum absolute atomic E-state index is 0.713. The van der Waals surface area contributed by atoms with E-state index in [0.717, 1.165) is 37.1 Å². The quantitative estimate of drug-likeness (QED) is 0.742. The third-order valence-electron chi connectivity index (χ3n) is 2.88. The highest BCUT2D eigenvalue weighted by atomic mass is 35.5. The molecule has 3 heteroatoms. The predicted molar refractivity (Wildman–Crippen MR) is 55.9 cm³/mol. The lowest BCUT2D eigenvalue weighted by Crippen LogP contribution is -2.51. The van der Waals surface area contributed by atoms with Crippen LogP contribution in [0.15, 0.2) is 11.6 Å². The minimum atomic E-state index is 0.713. The van der Waals surface area contributed by atoms with Gasteiger partial charge in [-0.25, -0.2) is 0 Å². The zero-order valence-corrected chi connectivity index (χ0v) is 8.69. The molecule has 1 unspecified atom stereocenters. The van der Waals surface area contributed by atoms with Gasteiger partial charge in [-0.15, -0.1) is 0 Å². The van der Waals surface area contributed by atoms with E-state index in [2.05, 4.69) is 16.8 Å². The van der Waals surface area contributed by atoms with Crippen LogP contribution in [0.25, 0.3) is 0 Å². The molecule has 2 fully saturated rings. The Morgan fingerprint density at radius 1 is 1.54 bits per heavy atom. The van der Waals surface area contributed by atoms with Crippen molar-refractivity contribution in [3.05, 3.63) is 11.6 Å². The monoisotopic (exact) mass is 200 g/mol. The largest absolute Gasteiger partial charge is 0.311 e. The van der Waals surface area contributed by atoms with Crippen LogP contribution in [0.4, 0.5) is 0 Å². The molecule has 1 atom stereocenters. The lowest BCUT2D eigenvalue weighted by atomic mass is 10.1. The molecule has 0 bridgehead atoms. The molecule has 0 amide bonds. The van der Waals surface area contributed by atoms with Crippen LogP contribution in [-0.2, 0) is 0 Å². The number of piperazine rings is 1. The van der Waals surface area contributed by atoms with Crippen molar-refractivity contribution in [3.8, 4) is 0 Å². The maximum atomic E-state index is 5.80. The molecule has 1 aliphatic carbocycles. The van der Waals surface area contributed by atoms with Gasteiger partial charge in [-0.2, -0.15) is 0 Å². The molecule has 1 N–H and O–H groups in total. The van der Waals surface area contributed by atoms with E-state index < -0.39 is 0 Å². The molecule has 0 spiro atoms. The highest BCUT2D eigenvalue weighted by Gasteiger charge is 2.33. The molecule has 0 aromatic carbocycles. The van der Waals surface area contributed by atoms with Gasteiger partial charge < -0.3 is 5.32 Å². The average Bonchev–Trinajstić information content (AvgIpc) is 2.85. The number of nitrogens with zero attached hydrogens (tertiary/aromatic N) is 1. The standard InChI is InChI=1S/C10H17ClN2/c1-8(11)6-13-5-4-12-10(7-13)9-2-3-9/h9-10,12H,1-7H2. The van der Waals surface area contributed by atoms with Crippen molar-refractivity contribution >= 4 is 11.6 Å². The Morgan fingerprint density at radius 3 is 2.92 bits per heavy atom. The van der Waals surface area contributed by atoms with E-state index >= 15 is 0 Å². The second-order valence-electron chi connectivity index (χ2n) is 4.15. The van der Waals surface area contributed by atoms with Gasteiger partial charge in [0.05, 0.1) is 0 Å². The van der Waals surface area contributed by atoms with Gasteiger partial charge in [0, 0.05) is 37.3 Å². The Morgan fingerprint density at radius 2 is 2.31 bits per heavy atom. The van der Waals surface area contributed by atoms with Crippen LogP contribution in [0.5, 0.6) is 0 Å². The summed E-state index contributed by atoms with van der Waals surface area (Å²) in [6, 6.07) is 0.713. The number of hydrogen-bond acceptors (Lipinski definition) is 2. The molecule has 2 nitrogen and oxygen atoms in total.